The summed E-state index contributed by atoms with van der Waals surface area (Å²) in [7, 11) is 0. The van der Waals surface area contributed by atoms with Gasteiger partial charge in [-0.1, -0.05) is 0 Å². The highest BCUT2D eigenvalue weighted by molar-refractivity contribution is 5.39. The van der Waals surface area contributed by atoms with Gasteiger partial charge in [0.15, 0.2) is 0 Å². The number of aromatic nitrogens is 2. The first kappa shape index (κ1) is 11.3. The number of anilines is 1. The minimum atomic E-state index is -0.304. The van der Waals surface area contributed by atoms with Crippen LogP contribution in [0.3, 0.4) is 0 Å². The highest BCUT2D eigenvalue weighted by atomic mass is 19.1. The molecular formula is C11H11FN4O. The lowest BCUT2D eigenvalue weighted by atomic mass is 10.2. The number of nitrogens with two attached hydrogens (primary N) is 1. The van der Waals surface area contributed by atoms with Crippen LogP contribution in [-0.2, 0) is 0 Å². The summed E-state index contributed by atoms with van der Waals surface area (Å²) < 4.78 is 18.4. The fourth-order valence-corrected chi connectivity index (χ4v) is 1.31. The second-order valence-electron chi connectivity index (χ2n) is 3.40. The van der Waals surface area contributed by atoms with Gasteiger partial charge in [0, 0.05) is 6.07 Å². The van der Waals surface area contributed by atoms with E-state index in [9.17, 15) is 4.39 Å². The Bertz CT molecular complexity index is 533. The van der Waals surface area contributed by atoms with Crippen molar-refractivity contribution in [3.05, 3.63) is 42.0 Å². The second kappa shape index (κ2) is 4.75. The smallest absolute Gasteiger partial charge is 0.224 e. The van der Waals surface area contributed by atoms with Gasteiger partial charge in [-0.3, -0.25) is 0 Å². The Morgan fingerprint density at radius 2 is 2.12 bits per heavy atom. The molecule has 3 N–H and O–H groups in total. The molecule has 1 aromatic heterocycles. The van der Waals surface area contributed by atoms with E-state index in [2.05, 4.69) is 15.4 Å². The predicted octanol–water partition coefficient (Wildman–Crippen LogP) is 2.00. The Kier molecular flexibility index (Phi) is 3.15. The van der Waals surface area contributed by atoms with Crippen LogP contribution in [0.1, 0.15) is 5.56 Å². The molecule has 0 aliphatic heterocycles. The molecule has 0 fully saturated rings. The van der Waals surface area contributed by atoms with Crippen molar-refractivity contribution >= 4 is 5.82 Å². The molecule has 0 aliphatic carbocycles. The van der Waals surface area contributed by atoms with E-state index >= 15 is 0 Å². The van der Waals surface area contributed by atoms with Crippen molar-refractivity contribution in [1.29, 1.82) is 0 Å². The minimum Gasteiger partial charge on any atom is -0.439 e. The van der Waals surface area contributed by atoms with Gasteiger partial charge in [-0.05, 0) is 30.7 Å². The molecule has 2 aromatic rings. The lowest BCUT2D eigenvalue weighted by molar-refractivity contribution is 0.456. The molecule has 2 rings (SSSR count). The molecule has 0 aliphatic rings. The molecule has 0 atom stereocenters. The normalized spacial score (nSPS) is 10.1. The first-order valence-corrected chi connectivity index (χ1v) is 4.91. The van der Waals surface area contributed by atoms with E-state index in [1.54, 1.807) is 19.1 Å². The number of hydrogen-bond acceptors (Lipinski definition) is 5. The van der Waals surface area contributed by atoms with E-state index < -0.39 is 0 Å². The van der Waals surface area contributed by atoms with Gasteiger partial charge >= 0.3 is 0 Å². The van der Waals surface area contributed by atoms with E-state index in [-0.39, 0.29) is 5.82 Å². The number of rotatable bonds is 3. The van der Waals surface area contributed by atoms with Crippen molar-refractivity contribution in [2.24, 2.45) is 5.84 Å². The van der Waals surface area contributed by atoms with Crippen LogP contribution < -0.4 is 16.0 Å². The number of hydrogen-bond donors (Lipinski definition) is 2. The van der Waals surface area contributed by atoms with E-state index in [0.29, 0.717) is 23.0 Å². The highest BCUT2D eigenvalue weighted by Gasteiger charge is 2.04. The fourth-order valence-electron chi connectivity index (χ4n) is 1.31. The third kappa shape index (κ3) is 2.67. The van der Waals surface area contributed by atoms with Crippen LogP contribution in [0.5, 0.6) is 11.6 Å². The molecule has 0 bridgehead atoms. The summed E-state index contributed by atoms with van der Waals surface area (Å²) in [6, 6.07) is 5.80. The summed E-state index contributed by atoms with van der Waals surface area (Å²) >= 11 is 0. The van der Waals surface area contributed by atoms with Crippen molar-refractivity contribution in [2.75, 3.05) is 5.43 Å². The van der Waals surface area contributed by atoms with Crippen LogP contribution in [0.2, 0.25) is 0 Å². The number of benzene rings is 1. The van der Waals surface area contributed by atoms with Crippen LogP contribution in [0.15, 0.2) is 30.6 Å². The molecule has 5 nitrogen and oxygen atoms in total. The first-order valence-electron chi connectivity index (χ1n) is 4.91. The number of nitrogen functional groups attached to an aromatic ring is 1. The van der Waals surface area contributed by atoms with Gasteiger partial charge in [-0.2, -0.15) is 0 Å². The van der Waals surface area contributed by atoms with Gasteiger partial charge in [-0.15, -0.1) is 0 Å². The van der Waals surface area contributed by atoms with Crippen molar-refractivity contribution in [3.63, 3.8) is 0 Å². The van der Waals surface area contributed by atoms with Gasteiger partial charge in [0.05, 0.1) is 0 Å². The van der Waals surface area contributed by atoms with E-state index in [0.717, 1.165) is 0 Å². The monoisotopic (exact) mass is 234 g/mol. The second-order valence-corrected chi connectivity index (χ2v) is 3.40. The standard InChI is InChI=1S/C11H11FN4O/c1-7-4-8(12)2-3-9(7)17-11-5-10(16-13)14-6-15-11/h2-6H,13H2,1H3,(H,14,15,16). The average molecular weight is 234 g/mol. The molecule has 1 heterocycles. The zero-order chi connectivity index (χ0) is 12.3. The molecule has 88 valence electrons. The van der Waals surface area contributed by atoms with E-state index in [1.165, 1.54) is 18.5 Å². The number of ether oxygens (including phenoxy) is 1. The Morgan fingerprint density at radius 3 is 2.82 bits per heavy atom. The van der Waals surface area contributed by atoms with Crippen molar-refractivity contribution in [1.82, 2.24) is 9.97 Å². The topological polar surface area (TPSA) is 73.1 Å². The lowest BCUT2D eigenvalue weighted by Gasteiger charge is -2.08. The first-order chi connectivity index (χ1) is 8.19. The summed E-state index contributed by atoms with van der Waals surface area (Å²) in [6.45, 7) is 1.75. The zero-order valence-corrected chi connectivity index (χ0v) is 9.14. The van der Waals surface area contributed by atoms with Crippen LogP contribution in [0.25, 0.3) is 0 Å². The highest BCUT2D eigenvalue weighted by Crippen LogP contribution is 2.24. The number of hydrazine groups is 1. The van der Waals surface area contributed by atoms with Crippen molar-refractivity contribution in [2.45, 2.75) is 6.92 Å². The maximum atomic E-state index is 12.9. The maximum absolute atomic E-state index is 12.9. The molecule has 6 heteroatoms. The fraction of sp³-hybridized carbons (Fsp3) is 0.0909. The third-order valence-electron chi connectivity index (χ3n) is 2.14. The molecule has 0 saturated heterocycles. The zero-order valence-electron chi connectivity index (χ0n) is 9.14. The van der Waals surface area contributed by atoms with Gasteiger partial charge in [0.25, 0.3) is 0 Å². The summed E-state index contributed by atoms with van der Waals surface area (Å²) in [6.07, 6.45) is 1.32. The number of aryl methyl sites for hydroxylation is 1. The summed E-state index contributed by atoms with van der Waals surface area (Å²) in [5, 5.41) is 0. The van der Waals surface area contributed by atoms with Crippen LogP contribution in [-0.4, -0.2) is 9.97 Å². The third-order valence-corrected chi connectivity index (χ3v) is 2.14. The molecule has 0 amide bonds. The lowest BCUT2D eigenvalue weighted by Crippen LogP contribution is -2.08. The largest absolute Gasteiger partial charge is 0.439 e. The molecule has 0 spiro atoms. The van der Waals surface area contributed by atoms with Gasteiger partial charge in [0.1, 0.15) is 23.7 Å². The van der Waals surface area contributed by atoms with Crippen LogP contribution in [0.4, 0.5) is 10.2 Å². The molecule has 1 aromatic carbocycles. The van der Waals surface area contributed by atoms with Crippen LogP contribution >= 0.6 is 0 Å². The predicted molar refractivity (Wildman–Crippen MR) is 61.1 cm³/mol. The quantitative estimate of drug-likeness (QED) is 0.627. The number of halogens is 1. The molecule has 17 heavy (non-hydrogen) atoms. The SMILES string of the molecule is Cc1cc(F)ccc1Oc1cc(NN)ncn1. The molecular weight excluding hydrogens is 223 g/mol. The van der Waals surface area contributed by atoms with Gasteiger partial charge < -0.3 is 10.2 Å². The van der Waals surface area contributed by atoms with Crippen LogP contribution in [0, 0.1) is 12.7 Å². The van der Waals surface area contributed by atoms with Gasteiger partial charge in [-0.25, -0.2) is 20.2 Å². The molecule has 0 radical (unpaired) electrons. The summed E-state index contributed by atoms with van der Waals surface area (Å²) in [5.41, 5.74) is 3.07. The number of nitrogens with zero attached hydrogens (tertiary/aromatic N) is 2. The Labute approximate surface area is 97.4 Å². The Hall–Kier alpha value is -2.21. The maximum Gasteiger partial charge on any atom is 0.224 e. The van der Waals surface area contributed by atoms with E-state index in [4.69, 9.17) is 10.6 Å². The Balaban J connectivity index is 2.25. The average Bonchev–Trinajstić information content (AvgIpc) is 2.33. The van der Waals surface area contributed by atoms with Crippen molar-refractivity contribution in [3.8, 4) is 11.6 Å². The Morgan fingerprint density at radius 1 is 1.29 bits per heavy atom. The van der Waals surface area contributed by atoms with E-state index in [1.807, 2.05) is 0 Å². The number of nitrogens with one attached hydrogen (secondary N) is 1. The molecule has 0 unspecified atom stereocenters. The molecule has 0 saturated carbocycles. The minimum absolute atomic E-state index is 0.304. The van der Waals surface area contributed by atoms with Crippen molar-refractivity contribution < 1.29 is 9.13 Å². The summed E-state index contributed by atoms with van der Waals surface area (Å²) in [5.74, 6) is 6.22. The van der Waals surface area contributed by atoms with Gasteiger partial charge in [0.2, 0.25) is 5.88 Å². The summed E-state index contributed by atoms with van der Waals surface area (Å²) in [4.78, 5) is 7.77.